The monoisotopic (exact) mass is 665 g/mol. The molecule has 3 aliphatic rings. The zero-order valence-corrected chi connectivity index (χ0v) is 27.6. The number of amidine groups is 1. The van der Waals surface area contributed by atoms with Gasteiger partial charge in [-0.1, -0.05) is 55.7 Å². The molecule has 0 bridgehead atoms. The minimum atomic E-state index is -4.55. The number of rotatable bonds is 7. The summed E-state index contributed by atoms with van der Waals surface area (Å²) in [5.41, 5.74) is -2.16. The minimum absolute atomic E-state index is 0.0270. The predicted octanol–water partition coefficient (Wildman–Crippen LogP) is 4.54. The van der Waals surface area contributed by atoms with E-state index in [1.54, 1.807) is 50.2 Å². The largest absolute Gasteiger partial charge is 0.466 e. The lowest BCUT2D eigenvalue weighted by Gasteiger charge is -2.41. The van der Waals surface area contributed by atoms with Crippen LogP contribution in [0.25, 0.3) is 0 Å². The summed E-state index contributed by atoms with van der Waals surface area (Å²) in [7, 11) is -6.45. The fraction of sp³-hybridized carbons (Fsp3) is 0.333. The normalized spacial score (nSPS) is 22.7. The highest BCUT2D eigenvalue weighted by molar-refractivity contribution is 7.90. The van der Waals surface area contributed by atoms with Crippen molar-refractivity contribution in [3.8, 4) is 0 Å². The van der Waals surface area contributed by atoms with Gasteiger partial charge in [-0.2, -0.15) is 12.8 Å². The number of carbonyl (C=O) groups is 2. The Morgan fingerprint density at radius 3 is 1.96 bits per heavy atom. The molecule has 1 atom stereocenters. The van der Waals surface area contributed by atoms with E-state index in [-0.39, 0.29) is 49.7 Å². The lowest BCUT2D eigenvalue weighted by Crippen LogP contribution is -2.53. The Hall–Kier alpha value is -4.36. The maximum Gasteiger partial charge on any atom is 0.342 e. The molecule has 0 saturated heterocycles. The lowest BCUT2D eigenvalue weighted by molar-refractivity contribution is -0.139. The van der Waals surface area contributed by atoms with Gasteiger partial charge in [0, 0.05) is 0 Å². The molecule has 0 aromatic heterocycles. The first-order valence-electron chi connectivity index (χ1n) is 14.8. The van der Waals surface area contributed by atoms with Crippen LogP contribution in [0.4, 0.5) is 0 Å². The van der Waals surface area contributed by atoms with Crippen molar-refractivity contribution < 1.29 is 35.9 Å². The highest BCUT2D eigenvalue weighted by atomic mass is 32.2. The molecule has 1 unspecified atom stereocenters. The van der Waals surface area contributed by atoms with Crippen molar-refractivity contribution in [2.24, 2.45) is 9.39 Å². The Balaban J connectivity index is 1.85. The van der Waals surface area contributed by atoms with E-state index in [9.17, 15) is 26.4 Å². The number of hydrogen-bond acceptors (Lipinski definition) is 9. The molecule has 46 heavy (non-hydrogen) atoms. The van der Waals surface area contributed by atoms with Gasteiger partial charge in [0.1, 0.15) is 11.1 Å². The number of methoxy groups -OCH3 is 2. The van der Waals surface area contributed by atoms with Gasteiger partial charge in [-0.05, 0) is 74.3 Å². The van der Waals surface area contributed by atoms with Crippen LogP contribution in [0, 0.1) is 0 Å². The molecule has 0 radical (unpaired) electrons. The third-order valence-electron chi connectivity index (χ3n) is 8.35. The van der Waals surface area contributed by atoms with Gasteiger partial charge in [-0.15, -0.1) is 0 Å². The topological polar surface area (TPSA) is 149 Å². The van der Waals surface area contributed by atoms with Crippen molar-refractivity contribution in [2.75, 3.05) is 14.2 Å². The first-order chi connectivity index (χ1) is 21.9. The summed E-state index contributed by atoms with van der Waals surface area (Å²) < 4.78 is 71.3. The van der Waals surface area contributed by atoms with Crippen molar-refractivity contribution in [1.82, 2.24) is 4.31 Å². The minimum Gasteiger partial charge on any atom is -0.466 e. The maximum absolute atomic E-state index is 14.8. The summed E-state index contributed by atoms with van der Waals surface area (Å²) in [5.74, 6) is -2.18. The Bertz CT molecular complexity index is 1920. The molecule has 11 nitrogen and oxygen atoms in total. The summed E-state index contributed by atoms with van der Waals surface area (Å²) in [5, 5.41) is 0. The van der Waals surface area contributed by atoms with E-state index in [0.29, 0.717) is 12.8 Å². The van der Waals surface area contributed by atoms with Crippen LogP contribution in [0.5, 0.6) is 0 Å². The summed E-state index contributed by atoms with van der Waals surface area (Å²) >= 11 is 0. The van der Waals surface area contributed by atoms with Crippen LogP contribution in [0.1, 0.15) is 46.0 Å². The molecule has 13 heteroatoms. The summed E-state index contributed by atoms with van der Waals surface area (Å²) in [6.07, 6.45) is 6.90. The van der Waals surface area contributed by atoms with Crippen LogP contribution in [-0.4, -0.2) is 70.4 Å². The van der Waals surface area contributed by atoms with Crippen molar-refractivity contribution in [3.05, 3.63) is 95.1 Å². The highest BCUT2D eigenvalue weighted by Crippen LogP contribution is 2.49. The van der Waals surface area contributed by atoms with E-state index in [1.807, 2.05) is 0 Å². The Kier molecular flexibility index (Phi) is 9.19. The van der Waals surface area contributed by atoms with Crippen molar-refractivity contribution in [3.63, 3.8) is 0 Å². The number of carbonyl (C=O) groups excluding carboxylic acids is 2. The molecule has 1 saturated carbocycles. The third kappa shape index (κ3) is 5.73. The molecular weight excluding hydrogens is 631 g/mol. The number of nitrogens with zero attached hydrogens (tertiary/aromatic N) is 3. The van der Waals surface area contributed by atoms with Gasteiger partial charge in [-0.3, -0.25) is 4.99 Å². The Labute approximate surface area is 269 Å². The standard InChI is InChI=1S/C33H35N3O8S2/c1-22-21-33(23(2)20-27(22)35-45(39,40)25-16-10-6-11-17-25)29(32(38)44-4)28(31(37)43-3)30(34-24-14-8-5-9-15-24)36(33)46(41,42)26-18-12-7-13-19-26/h6-7,10-13,16-21,24H,5,8-9,14-15H2,1-4H3/b34-30?,35-27+. The van der Waals surface area contributed by atoms with Gasteiger partial charge in [0.15, 0.2) is 5.84 Å². The van der Waals surface area contributed by atoms with Gasteiger partial charge in [0.25, 0.3) is 20.0 Å². The van der Waals surface area contributed by atoms with Gasteiger partial charge in [0.2, 0.25) is 0 Å². The zero-order chi connectivity index (χ0) is 33.3. The second kappa shape index (κ2) is 12.8. The molecule has 5 rings (SSSR count). The number of hydrogen-bond donors (Lipinski definition) is 0. The van der Waals surface area contributed by atoms with Crippen LogP contribution in [0.3, 0.4) is 0 Å². The third-order valence-corrected chi connectivity index (χ3v) is 11.5. The molecule has 1 heterocycles. The lowest BCUT2D eigenvalue weighted by atomic mass is 9.77. The van der Waals surface area contributed by atoms with E-state index in [4.69, 9.17) is 14.5 Å². The number of benzene rings is 2. The van der Waals surface area contributed by atoms with E-state index < -0.39 is 37.5 Å². The van der Waals surface area contributed by atoms with Crippen LogP contribution in [0.15, 0.2) is 114 Å². The molecule has 0 N–H and O–H groups in total. The van der Waals surface area contributed by atoms with Crippen molar-refractivity contribution >= 4 is 43.5 Å². The van der Waals surface area contributed by atoms with E-state index >= 15 is 0 Å². The maximum atomic E-state index is 14.8. The zero-order valence-electron chi connectivity index (χ0n) is 26.0. The SMILES string of the molecule is COC(=O)C1=C(C(=O)OC)C2(C=C(C)/C(=N/S(=O)(=O)c3ccccc3)C=C2C)N(S(=O)(=O)c2ccccc2)C1=NC1CCCCC1. The molecule has 1 fully saturated rings. The molecule has 1 spiro atoms. The molecule has 2 aromatic rings. The van der Waals surface area contributed by atoms with Crippen molar-refractivity contribution in [2.45, 2.75) is 67.3 Å². The summed E-state index contributed by atoms with van der Waals surface area (Å²) in [6, 6.07) is 15.0. The van der Waals surface area contributed by atoms with E-state index in [0.717, 1.165) is 37.8 Å². The first-order valence-corrected chi connectivity index (χ1v) is 17.6. The second-order valence-electron chi connectivity index (χ2n) is 11.2. The molecule has 2 aromatic carbocycles. The number of sulfonamides is 2. The quantitative estimate of drug-likeness (QED) is 0.392. The Morgan fingerprint density at radius 1 is 0.826 bits per heavy atom. The molecule has 1 aliphatic heterocycles. The average Bonchev–Trinajstić information content (AvgIpc) is 3.34. The first kappa shape index (κ1) is 33.0. The van der Waals surface area contributed by atoms with Gasteiger partial charge in [-0.25, -0.2) is 22.3 Å². The smallest absolute Gasteiger partial charge is 0.342 e. The van der Waals surface area contributed by atoms with Crippen molar-refractivity contribution in [1.29, 1.82) is 0 Å². The summed E-state index contributed by atoms with van der Waals surface area (Å²) in [6.45, 7) is 3.10. The number of allylic oxidation sites excluding steroid dienone is 2. The number of ether oxygens (including phenoxy) is 2. The molecule has 242 valence electrons. The Morgan fingerprint density at radius 2 is 1.39 bits per heavy atom. The number of aliphatic imine (C=N–C) groups is 1. The second-order valence-corrected chi connectivity index (χ2v) is 14.6. The van der Waals surface area contributed by atoms with Crippen LogP contribution in [-0.2, 0) is 39.1 Å². The van der Waals surface area contributed by atoms with Gasteiger partial charge in [0.05, 0.1) is 41.3 Å². The number of esters is 2. The van der Waals surface area contributed by atoms with Gasteiger partial charge < -0.3 is 9.47 Å². The highest BCUT2D eigenvalue weighted by Gasteiger charge is 2.61. The van der Waals surface area contributed by atoms with Crippen LogP contribution < -0.4 is 0 Å². The molecule has 0 amide bonds. The average molecular weight is 666 g/mol. The molecule has 2 aliphatic carbocycles. The fourth-order valence-corrected chi connectivity index (χ4v) is 8.93. The predicted molar refractivity (Wildman–Crippen MR) is 172 cm³/mol. The van der Waals surface area contributed by atoms with Gasteiger partial charge >= 0.3 is 11.9 Å². The van der Waals surface area contributed by atoms with Crippen LogP contribution >= 0.6 is 0 Å². The van der Waals surface area contributed by atoms with Crippen LogP contribution in [0.2, 0.25) is 0 Å². The summed E-state index contributed by atoms with van der Waals surface area (Å²) in [4.78, 5) is 32.1. The van der Waals surface area contributed by atoms with E-state index in [2.05, 4.69) is 4.40 Å². The fourth-order valence-electron chi connectivity index (χ4n) is 6.12. The van der Waals surface area contributed by atoms with E-state index in [1.165, 1.54) is 36.4 Å². The molecular formula is C33H35N3O8S2.